The molecule has 5 rings (SSSR count). The molecule has 3 aromatic heterocycles. The van der Waals surface area contributed by atoms with Gasteiger partial charge < -0.3 is 14.6 Å². The van der Waals surface area contributed by atoms with Crippen LogP contribution in [0.4, 0.5) is 5.69 Å². The predicted molar refractivity (Wildman–Crippen MR) is 128 cm³/mol. The van der Waals surface area contributed by atoms with E-state index in [1.54, 1.807) is 43.1 Å². The third-order valence-corrected chi connectivity index (χ3v) is 5.21. The van der Waals surface area contributed by atoms with Crippen molar-refractivity contribution in [1.82, 2.24) is 24.5 Å². The molecule has 8 heteroatoms. The Morgan fingerprint density at radius 1 is 0.941 bits per heavy atom. The number of imidazole rings is 1. The number of carbonyl (C=O) groups excluding carboxylic acids is 1. The molecule has 0 aliphatic heterocycles. The summed E-state index contributed by atoms with van der Waals surface area (Å²) in [5, 5.41) is 2.93. The maximum atomic E-state index is 12.9. The SMILES string of the molecule is Cc1ccc(C(=O)Nc2ccc(-n3ccnc3)cc2)cc1Oc1ncccc1-c1ccncn1. The molecular formula is C26H20N6O2. The lowest BCUT2D eigenvalue weighted by atomic mass is 10.1. The summed E-state index contributed by atoms with van der Waals surface area (Å²) < 4.78 is 8.02. The van der Waals surface area contributed by atoms with Gasteiger partial charge in [0.15, 0.2) is 0 Å². The van der Waals surface area contributed by atoms with E-state index in [1.807, 2.05) is 60.2 Å². The van der Waals surface area contributed by atoms with E-state index < -0.39 is 0 Å². The van der Waals surface area contributed by atoms with Crippen molar-refractivity contribution in [2.24, 2.45) is 0 Å². The van der Waals surface area contributed by atoms with Crippen LogP contribution >= 0.6 is 0 Å². The summed E-state index contributed by atoms with van der Waals surface area (Å²) in [6, 6.07) is 18.3. The van der Waals surface area contributed by atoms with Crippen LogP contribution in [0, 0.1) is 6.92 Å². The minimum atomic E-state index is -0.239. The molecule has 0 fully saturated rings. The van der Waals surface area contributed by atoms with E-state index in [9.17, 15) is 4.79 Å². The van der Waals surface area contributed by atoms with Crippen LogP contribution in [0.5, 0.6) is 11.6 Å². The van der Waals surface area contributed by atoms with E-state index in [4.69, 9.17) is 4.74 Å². The van der Waals surface area contributed by atoms with Gasteiger partial charge >= 0.3 is 0 Å². The molecule has 0 radical (unpaired) electrons. The van der Waals surface area contributed by atoms with Gasteiger partial charge in [-0.3, -0.25) is 4.79 Å². The third kappa shape index (κ3) is 4.51. The Bertz CT molecular complexity index is 1420. The lowest BCUT2D eigenvalue weighted by molar-refractivity contribution is 0.102. The van der Waals surface area contributed by atoms with Crippen molar-refractivity contribution >= 4 is 11.6 Å². The zero-order chi connectivity index (χ0) is 23.3. The van der Waals surface area contributed by atoms with Gasteiger partial charge in [0.05, 0.1) is 17.6 Å². The lowest BCUT2D eigenvalue weighted by Gasteiger charge is -2.13. The molecule has 0 aliphatic rings. The fourth-order valence-electron chi connectivity index (χ4n) is 3.40. The topological polar surface area (TPSA) is 94.8 Å². The van der Waals surface area contributed by atoms with Crippen LogP contribution in [-0.4, -0.2) is 30.4 Å². The van der Waals surface area contributed by atoms with Gasteiger partial charge in [0.1, 0.15) is 12.1 Å². The van der Waals surface area contributed by atoms with E-state index in [-0.39, 0.29) is 5.91 Å². The first-order valence-electron chi connectivity index (χ1n) is 10.6. The fourth-order valence-corrected chi connectivity index (χ4v) is 3.40. The monoisotopic (exact) mass is 448 g/mol. The van der Waals surface area contributed by atoms with Gasteiger partial charge in [0, 0.05) is 41.7 Å². The van der Waals surface area contributed by atoms with E-state index >= 15 is 0 Å². The second-order valence-corrected chi connectivity index (χ2v) is 7.50. The van der Waals surface area contributed by atoms with Crippen molar-refractivity contribution in [3.63, 3.8) is 0 Å². The Hall–Kier alpha value is -4.85. The van der Waals surface area contributed by atoms with Gasteiger partial charge in [-0.25, -0.2) is 19.9 Å². The molecule has 0 aliphatic carbocycles. The summed E-state index contributed by atoms with van der Waals surface area (Å²) in [5.74, 6) is 0.700. The van der Waals surface area contributed by atoms with Crippen LogP contribution in [0.3, 0.4) is 0 Å². The standard InChI is InChI=1S/C26H20N6O2/c1-18-4-5-19(25(33)31-20-6-8-21(9-7-20)32-14-13-28-17-32)15-24(18)34-26-22(3-2-11-29-26)23-10-12-27-16-30-23/h2-17H,1H3,(H,31,33). The average molecular weight is 448 g/mol. The van der Waals surface area contributed by atoms with Gasteiger partial charge in [-0.15, -0.1) is 0 Å². The number of nitrogens with zero attached hydrogens (tertiary/aromatic N) is 5. The second-order valence-electron chi connectivity index (χ2n) is 7.50. The summed E-state index contributed by atoms with van der Waals surface area (Å²) in [7, 11) is 0. The maximum Gasteiger partial charge on any atom is 0.255 e. The first-order chi connectivity index (χ1) is 16.7. The number of carbonyl (C=O) groups is 1. The predicted octanol–water partition coefficient (Wildman–Crippen LogP) is 5.08. The first-order valence-corrected chi connectivity index (χ1v) is 10.6. The molecule has 0 spiro atoms. The third-order valence-electron chi connectivity index (χ3n) is 5.21. The van der Waals surface area contributed by atoms with Crippen LogP contribution in [0.25, 0.3) is 16.9 Å². The minimum Gasteiger partial charge on any atom is -0.438 e. The Balaban J connectivity index is 1.36. The summed E-state index contributed by atoms with van der Waals surface area (Å²) >= 11 is 0. The molecule has 0 saturated heterocycles. The molecule has 3 heterocycles. The molecular weight excluding hydrogens is 428 g/mol. The average Bonchev–Trinajstić information content (AvgIpc) is 3.42. The molecule has 1 amide bonds. The van der Waals surface area contributed by atoms with Crippen LogP contribution in [0.2, 0.25) is 0 Å². The van der Waals surface area contributed by atoms with Crippen molar-refractivity contribution in [3.8, 4) is 28.6 Å². The number of nitrogens with one attached hydrogen (secondary N) is 1. The highest BCUT2D eigenvalue weighted by Gasteiger charge is 2.14. The normalized spacial score (nSPS) is 10.6. The van der Waals surface area contributed by atoms with Gasteiger partial charge in [-0.05, 0) is 67.1 Å². The van der Waals surface area contributed by atoms with E-state index in [2.05, 4.69) is 25.3 Å². The molecule has 0 bridgehead atoms. The zero-order valence-electron chi connectivity index (χ0n) is 18.3. The molecule has 8 nitrogen and oxygen atoms in total. The summed E-state index contributed by atoms with van der Waals surface area (Å²) in [5.41, 5.74) is 4.42. The molecule has 0 saturated carbocycles. The van der Waals surface area contributed by atoms with Crippen molar-refractivity contribution in [2.75, 3.05) is 5.32 Å². The fraction of sp³-hybridized carbons (Fsp3) is 0.0385. The molecule has 34 heavy (non-hydrogen) atoms. The van der Waals surface area contributed by atoms with Crippen LogP contribution in [0.1, 0.15) is 15.9 Å². The number of benzene rings is 2. The number of anilines is 1. The molecule has 1 N–H and O–H groups in total. The van der Waals surface area contributed by atoms with E-state index in [0.29, 0.717) is 28.6 Å². The maximum absolute atomic E-state index is 12.9. The largest absolute Gasteiger partial charge is 0.438 e. The van der Waals surface area contributed by atoms with Crippen molar-refractivity contribution < 1.29 is 9.53 Å². The first kappa shape index (κ1) is 21.0. The Labute approximate surface area is 196 Å². The van der Waals surface area contributed by atoms with Crippen molar-refractivity contribution in [1.29, 1.82) is 0 Å². The summed E-state index contributed by atoms with van der Waals surface area (Å²) in [6.07, 6.45) is 10.1. The molecule has 0 unspecified atom stereocenters. The second kappa shape index (κ2) is 9.33. The van der Waals surface area contributed by atoms with Gasteiger partial charge in [-0.2, -0.15) is 0 Å². The number of hydrogen-bond acceptors (Lipinski definition) is 6. The highest BCUT2D eigenvalue weighted by molar-refractivity contribution is 6.04. The molecule has 166 valence electrons. The zero-order valence-corrected chi connectivity index (χ0v) is 18.3. The Kier molecular flexibility index (Phi) is 5.77. The highest BCUT2D eigenvalue weighted by atomic mass is 16.5. The molecule has 0 atom stereocenters. The van der Waals surface area contributed by atoms with Gasteiger partial charge in [-0.1, -0.05) is 6.07 Å². The van der Waals surface area contributed by atoms with Crippen molar-refractivity contribution in [3.05, 3.63) is 109 Å². The number of amides is 1. The van der Waals surface area contributed by atoms with Crippen LogP contribution in [-0.2, 0) is 0 Å². The molecule has 5 aromatic rings. The number of rotatable bonds is 6. The quantitative estimate of drug-likeness (QED) is 0.389. The number of hydrogen-bond donors (Lipinski definition) is 1. The minimum absolute atomic E-state index is 0.239. The van der Waals surface area contributed by atoms with Crippen molar-refractivity contribution in [2.45, 2.75) is 6.92 Å². The Morgan fingerprint density at radius 2 is 1.82 bits per heavy atom. The molecule has 2 aromatic carbocycles. The lowest BCUT2D eigenvalue weighted by Crippen LogP contribution is -2.12. The highest BCUT2D eigenvalue weighted by Crippen LogP contribution is 2.32. The summed E-state index contributed by atoms with van der Waals surface area (Å²) in [6.45, 7) is 1.92. The van der Waals surface area contributed by atoms with Crippen LogP contribution < -0.4 is 10.1 Å². The number of aromatic nitrogens is 5. The number of pyridine rings is 1. The number of ether oxygens (including phenoxy) is 1. The Morgan fingerprint density at radius 3 is 2.59 bits per heavy atom. The van der Waals surface area contributed by atoms with Gasteiger partial charge in [0.25, 0.3) is 5.91 Å². The van der Waals surface area contributed by atoms with E-state index in [0.717, 1.165) is 16.8 Å². The smallest absolute Gasteiger partial charge is 0.255 e. The summed E-state index contributed by atoms with van der Waals surface area (Å²) in [4.78, 5) is 29.6. The number of aryl methyl sites for hydroxylation is 1. The van der Waals surface area contributed by atoms with Crippen LogP contribution in [0.15, 0.2) is 98.1 Å². The van der Waals surface area contributed by atoms with Gasteiger partial charge in [0.2, 0.25) is 5.88 Å². The van der Waals surface area contributed by atoms with E-state index in [1.165, 1.54) is 6.33 Å².